The molecule has 0 radical (unpaired) electrons. The zero-order valence-corrected chi connectivity index (χ0v) is 20.5. The number of amides is 1. The second-order valence-corrected chi connectivity index (χ2v) is 8.05. The number of carboxylic acids is 1. The molecule has 6 heteroatoms. The second-order valence-electron chi connectivity index (χ2n) is 8.05. The monoisotopic (exact) mass is 467 g/mol. The molecule has 1 atom stereocenters. The average molecular weight is 468 g/mol. The molecule has 6 nitrogen and oxygen atoms in total. The quantitative estimate of drug-likeness (QED) is 0.166. The summed E-state index contributed by atoms with van der Waals surface area (Å²) in [5.74, 6) is -1.26. The largest absolute Gasteiger partial charge is 0.480 e. The predicted molar refractivity (Wildman–Crippen MR) is 139 cm³/mol. The number of unbranched alkanes of at least 4 members (excludes halogenated alkanes) is 3. The Hall–Kier alpha value is -3.15. The number of hydrogen-bond donors (Lipinski definition) is 3. The number of nitrogens with zero attached hydrogens (tertiary/aromatic N) is 1. The molecule has 186 valence electrons. The maximum atomic E-state index is 12.0. The molecule has 1 aromatic rings. The topological polar surface area (TPSA) is 95.1 Å². The Balaban J connectivity index is 2.01. The Labute approximate surface area is 204 Å². The fourth-order valence-corrected chi connectivity index (χ4v) is 3.18. The van der Waals surface area contributed by atoms with Gasteiger partial charge in [-0.2, -0.15) is 0 Å². The summed E-state index contributed by atoms with van der Waals surface area (Å²) in [5, 5.41) is 11.9. The molecule has 0 saturated carbocycles. The summed E-state index contributed by atoms with van der Waals surface area (Å²) in [6.07, 6.45) is 34.2. The van der Waals surface area contributed by atoms with Gasteiger partial charge in [-0.3, -0.25) is 4.79 Å². The number of carboxylic acid groups (broad SMARTS) is 1. The first-order chi connectivity index (χ1) is 16.6. The zero-order chi connectivity index (χ0) is 24.7. The van der Waals surface area contributed by atoms with E-state index in [0.717, 1.165) is 57.8 Å². The molecule has 0 unspecified atom stereocenters. The molecule has 34 heavy (non-hydrogen) atoms. The van der Waals surface area contributed by atoms with Crippen molar-refractivity contribution in [3.63, 3.8) is 0 Å². The van der Waals surface area contributed by atoms with Crippen molar-refractivity contribution in [2.45, 2.75) is 83.6 Å². The fraction of sp³-hybridized carbons (Fsp3) is 0.464. The van der Waals surface area contributed by atoms with E-state index >= 15 is 0 Å². The van der Waals surface area contributed by atoms with E-state index < -0.39 is 12.0 Å². The van der Waals surface area contributed by atoms with Gasteiger partial charge in [0.1, 0.15) is 6.04 Å². The van der Waals surface area contributed by atoms with Crippen LogP contribution in [-0.4, -0.2) is 33.0 Å². The molecule has 0 aliphatic carbocycles. The Kier molecular flexibility index (Phi) is 17.4. The Bertz CT molecular complexity index is 805. The standard InChI is InChI=1S/C28H41N3O3/c1-2-3-4-5-6-7-8-9-10-11-12-13-14-15-16-17-18-19-20-21-27(32)31-26(28(33)34)22-25-23-29-24-30-25/h3-4,6-7,9-10,12-13,15-16,23-24,26H,2,5,8,11,14,17-22H2,1H3,(H,29,30)(H,31,32)(H,33,34)/b4-3-,7-6-,10-9-,13-12-,16-15-/t26-/m0/s1. The van der Waals surface area contributed by atoms with Crippen LogP contribution >= 0.6 is 0 Å². The molecular formula is C28H41N3O3. The number of allylic oxidation sites excluding steroid dienone is 10. The van der Waals surface area contributed by atoms with Gasteiger partial charge in [0.25, 0.3) is 0 Å². The number of aromatic nitrogens is 2. The minimum absolute atomic E-state index is 0.200. The van der Waals surface area contributed by atoms with E-state index in [9.17, 15) is 14.7 Å². The van der Waals surface area contributed by atoms with Gasteiger partial charge in [-0.1, -0.05) is 74.1 Å². The van der Waals surface area contributed by atoms with Crippen molar-refractivity contribution in [3.8, 4) is 0 Å². The number of imidazole rings is 1. The maximum absolute atomic E-state index is 12.0. The third-order valence-corrected chi connectivity index (χ3v) is 5.04. The summed E-state index contributed by atoms with van der Waals surface area (Å²) in [7, 11) is 0. The van der Waals surface area contributed by atoms with Crippen LogP contribution in [0.2, 0.25) is 0 Å². The van der Waals surface area contributed by atoms with Crippen LogP contribution < -0.4 is 5.32 Å². The second kappa shape index (κ2) is 20.5. The average Bonchev–Trinajstić information content (AvgIpc) is 3.33. The number of nitrogens with one attached hydrogen (secondary N) is 2. The number of aliphatic carboxylic acids is 1. The summed E-state index contributed by atoms with van der Waals surface area (Å²) in [6.45, 7) is 2.14. The van der Waals surface area contributed by atoms with Crippen LogP contribution in [0, 0.1) is 0 Å². The zero-order valence-electron chi connectivity index (χ0n) is 20.5. The van der Waals surface area contributed by atoms with Crippen LogP contribution in [0.1, 0.15) is 76.8 Å². The molecule has 0 saturated heterocycles. The molecule has 1 amide bonds. The molecule has 0 bridgehead atoms. The molecule has 3 N–H and O–H groups in total. The molecule has 0 aromatic carbocycles. The molecule has 0 aliphatic rings. The predicted octanol–water partition coefficient (Wildman–Crippen LogP) is 6.22. The van der Waals surface area contributed by atoms with Crippen LogP contribution in [0.4, 0.5) is 0 Å². The molecule has 0 spiro atoms. The lowest BCUT2D eigenvalue weighted by Gasteiger charge is -2.13. The molecule has 1 aromatic heterocycles. The lowest BCUT2D eigenvalue weighted by molar-refractivity contribution is -0.141. The van der Waals surface area contributed by atoms with Crippen molar-refractivity contribution in [3.05, 3.63) is 79.0 Å². The summed E-state index contributed by atoms with van der Waals surface area (Å²) >= 11 is 0. The van der Waals surface area contributed by atoms with Crippen LogP contribution in [0.15, 0.2) is 73.3 Å². The van der Waals surface area contributed by atoms with Gasteiger partial charge in [-0.05, 0) is 51.4 Å². The van der Waals surface area contributed by atoms with Crippen molar-refractivity contribution in [2.24, 2.45) is 0 Å². The minimum atomic E-state index is -1.04. The van der Waals surface area contributed by atoms with Crippen LogP contribution in [0.5, 0.6) is 0 Å². The molecule has 1 heterocycles. The lowest BCUT2D eigenvalue weighted by Crippen LogP contribution is -2.42. The Morgan fingerprint density at radius 3 is 2.03 bits per heavy atom. The summed E-state index contributed by atoms with van der Waals surface area (Å²) in [4.78, 5) is 30.1. The number of aromatic amines is 1. The summed E-state index contributed by atoms with van der Waals surface area (Å²) < 4.78 is 0. The molecule has 0 fully saturated rings. The normalized spacial score (nSPS) is 13.2. The Morgan fingerprint density at radius 1 is 0.912 bits per heavy atom. The van der Waals surface area contributed by atoms with E-state index in [4.69, 9.17) is 0 Å². The number of H-pyrrole nitrogens is 1. The highest BCUT2D eigenvalue weighted by Gasteiger charge is 2.20. The number of hydrogen-bond acceptors (Lipinski definition) is 3. The van der Waals surface area contributed by atoms with Gasteiger partial charge in [0.05, 0.1) is 6.33 Å². The Morgan fingerprint density at radius 2 is 1.50 bits per heavy atom. The third-order valence-electron chi connectivity index (χ3n) is 5.04. The highest BCUT2D eigenvalue weighted by atomic mass is 16.4. The highest BCUT2D eigenvalue weighted by Crippen LogP contribution is 2.06. The van der Waals surface area contributed by atoms with E-state index in [-0.39, 0.29) is 12.3 Å². The van der Waals surface area contributed by atoms with Gasteiger partial charge in [0.15, 0.2) is 0 Å². The van der Waals surface area contributed by atoms with Gasteiger partial charge in [-0.15, -0.1) is 0 Å². The van der Waals surface area contributed by atoms with E-state index in [2.05, 4.69) is 83.0 Å². The van der Waals surface area contributed by atoms with Crippen LogP contribution in [0.3, 0.4) is 0 Å². The van der Waals surface area contributed by atoms with Crippen molar-refractivity contribution >= 4 is 11.9 Å². The first kappa shape index (κ1) is 28.9. The van der Waals surface area contributed by atoms with Crippen molar-refractivity contribution in [1.82, 2.24) is 15.3 Å². The first-order valence-corrected chi connectivity index (χ1v) is 12.4. The van der Waals surface area contributed by atoms with Gasteiger partial charge in [0.2, 0.25) is 5.91 Å². The van der Waals surface area contributed by atoms with E-state index in [1.54, 1.807) is 6.20 Å². The number of rotatable bonds is 19. The smallest absolute Gasteiger partial charge is 0.326 e. The number of carbonyl (C=O) groups is 2. The van der Waals surface area contributed by atoms with Gasteiger partial charge < -0.3 is 15.4 Å². The maximum Gasteiger partial charge on any atom is 0.326 e. The van der Waals surface area contributed by atoms with E-state index in [1.807, 2.05) is 0 Å². The third kappa shape index (κ3) is 16.5. The summed E-state index contributed by atoms with van der Waals surface area (Å²) in [5.41, 5.74) is 0.685. The van der Waals surface area contributed by atoms with Crippen LogP contribution in [0.25, 0.3) is 0 Å². The van der Waals surface area contributed by atoms with E-state index in [0.29, 0.717) is 12.1 Å². The molecule has 0 aliphatic heterocycles. The van der Waals surface area contributed by atoms with Gasteiger partial charge in [-0.25, -0.2) is 9.78 Å². The summed E-state index contributed by atoms with van der Waals surface area (Å²) in [6, 6.07) is -0.936. The molecule has 1 rings (SSSR count). The van der Waals surface area contributed by atoms with Crippen molar-refractivity contribution < 1.29 is 14.7 Å². The van der Waals surface area contributed by atoms with Crippen molar-refractivity contribution in [2.75, 3.05) is 0 Å². The molecular weight excluding hydrogens is 426 g/mol. The number of carbonyl (C=O) groups excluding carboxylic acids is 1. The van der Waals surface area contributed by atoms with Crippen LogP contribution in [-0.2, 0) is 16.0 Å². The van der Waals surface area contributed by atoms with Gasteiger partial charge in [0, 0.05) is 24.7 Å². The lowest BCUT2D eigenvalue weighted by atomic mass is 10.1. The minimum Gasteiger partial charge on any atom is -0.480 e. The SMILES string of the molecule is CC/C=C\C/C=C\C/C=C\C/C=C\C/C=C\CCCCCC(=O)N[C@@H](Cc1cnc[nH]1)C(=O)O. The fourth-order valence-electron chi connectivity index (χ4n) is 3.18. The van der Waals surface area contributed by atoms with Crippen molar-refractivity contribution in [1.29, 1.82) is 0 Å². The van der Waals surface area contributed by atoms with E-state index in [1.165, 1.54) is 6.33 Å². The van der Waals surface area contributed by atoms with Gasteiger partial charge >= 0.3 is 5.97 Å². The highest BCUT2D eigenvalue weighted by molar-refractivity contribution is 5.83. The first-order valence-electron chi connectivity index (χ1n) is 12.4.